The Morgan fingerprint density at radius 2 is 2.00 bits per heavy atom. The van der Waals surface area contributed by atoms with E-state index in [2.05, 4.69) is 10.6 Å². The number of hydrogen-bond acceptors (Lipinski definition) is 4. The molecule has 0 aromatic heterocycles. The highest BCUT2D eigenvalue weighted by Gasteiger charge is 2.11. The summed E-state index contributed by atoms with van der Waals surface area (Å²) >= 11 is 5.03. The smallest absolute Gasteiger partial charge is 0.230 e. The third kappa shape index (κ3) is 5.05. The topological polar surface area (TPSA) is 59.6 Å². The van der Waals surface area contributed by atoms with Crippen LogP contribution in [0, 0.1) is 0 Å². The molecule has 0 aliphatic rings. The van der Waals surface area contributed by atoms with Crippen molar-refractivity contribution in [3.8, 4) is 11.5 Å². The lowest BCUT2D eigenvalue weighted by Crippen LogP contribution is -2.42. The van der Waals surface area contributed by atoms with Gasteiger partial charge in [-0.1, -0.05) is 0 Å². The Morgan fingerprint density at radius 1 is 1.30 bits per heavy atom. The molecule has 1 aromatic carbocycles. The van der Waals surface area contributed by atoms with E-state index in [0.29, 0.717) is 16.6 Å². The van der Waals surface area contributed by atoms with E-state index in [9.17, 15) is 4.79 Å². The van der Waals surface area contributed by atoms with Gasteiger partial charge in [0.1, 0.15) is 11.5 Å². The van der Waals surface area contributed by atoms with Gasteiger partial charge >= 0.3 is 0 Å². The molecule has 0 radical (unpaired) electrons. The molecule has 0 spiro atoms. The normalized spacial score (nSPS) is 10.1. The van der Waals surface area contributed by atoms with Crippen molar-refractivity contribution in [3.05, 3.63) is 23.8 Å². The summed E-state index contributed by atoms with van der Waals surface area (Å²) in [5, 5.41) is 5.91. The molecule has 0 aliphatic heterocycles. The summed E-state index contributed by atoms with van der Waals surface area (Å²) in [5.74, 6) is 1.12. The predicted molar refractivity (Wildman–Crippen MR) is 82.3 cm³/mol. The first kappa shape index (κ1) is 16.2. The summed E-state index contributed by atoms with van der Waals surface area (Å²) in [6.07, 6.45) is 0.167. The average molecular weight is 296 g/mol. The van der Waals surface area contributed by atoms with E-state index < -0.39 is 0 Å². The quantitative estimate of drug-likeness (QED) is 0.809. The number of rotatable bonds is 5. The van der Waals surface area contributed by atoms with E-state index in [4.69, 9.17) is 21.7 Å². The van der Waals surface area contributed by atoms with Crippen molar-refractivity contribution in [1.82, 2.24) is 10.6 Å². The van der Waals surface area contributed by atoms with Gasteiger partial charge in [0, 0.05) is 11.6 Å². The highest BCUT2D eigenvalue weighted by molar-refractivity contribution is 7.80. The Hall–Kier alpha value is -1.82. The molecule has 0 saturated heterocycles. The highest BCUT2D eigenvalue weighted by atomic mass is 32.1. The van der Waals surface area contributed by atoms with Gasteiger partial charge in [0.2, 0.25) is 5.91 Å². The van der Waals surface area contributed by atoms with Crippen LogP contribution in [0.2, 0.25) is 0 Å². The number of amides is 1. The van der Waals surface area contributed by atoms with Crippen LogP contribution < -0.4 is 20.1 Å². The minimum atomic E-state index is -0.199. The van der Waals surface area contributed by atoms with Gasteiger partial charge in [0.15, 0.2) is 5.11 Å². The first-order chi connectivity index (χ1) is 9.46. The van der Waals surface area contributed by atoms with Gasteiger partial charge < -0.3 is 20.1 Å². The van der Waals surface area contributed by atoms with E-state index in [1.165, 1.54) is 0 Å². The van der Waals surface area contributed by atoms with Gasteiger partial charge in [-0.3, -0.25) is 4.79 Å². The maximum Gasteiger partial charge on any atom is 0.230 e. The molecular weight excluding hydrogens is 276 g/mol. The van der Waals surface area contributed by atoms with E-state index in [1.54, 1.807) is 32.4 Å². The molecule has 1 rings (SSSR count). The molecule has 0 atom stereocenters. The van der Waals surface area contributed by atoms with Gasteiger partial charge in [-0.25, -0.2) is 0 Å². The molecule has 110 valence electrons. The molecule has 0 heterocycles. The molecule has 1 amide bonds. The number of ether oxygens (including phenoxy) is 2. The highest BCUT2D eigenvalue weighted by Crippen LogP contribution is 2.24. The van der Waals surface area contributed by atoms with E-state index in [1.807, 2.05) is 13.8 Å². The lowest BCUT2D eigenvalue weighted by Gasteiger charge is -2.13. The van der Waals surface area contributed by atoms with Crippen LogP contribution in [0.3, 0.4) is 0 Å². The zero-order valence-corrected chi connectivity index (χ0v) is 13.0. The van der Waals surface area contributed by atoms with Crippen molar-refractivity contribution < 1.29 is 14.3 Å². The second-order valence-electron chi connectivity index (χ2n) is 4.53. The summed E-state index contributed by atoms with van der Waals surface area (Å²) < 4.78 is 10.4. The number of thiocarbonyl (C=S) groups is 1. The van der Waals surface area contributed by atoms with Gasteiger partial charge in [-0.05, 0) is 44.3 Å². The van der Waals surface area contributed by atoms with Crippen molar-refractivity contribution in [2.24, 2.45) is 0 Å². The summed E-state index contributed by atoms with van der Waals surface area (Å²) in [4.78, 5) is 11.9. The van der Waals surface area contributed by atoms with Crippen molar-refractivity contribution in [1.29, 1.82) is 0 Å². The molecule has 5 nitrogen and oxygen atoms in total. The van der Waals surface area contributed by atoms with Crippen molar-refractivity contribution >= 4 is 23.2 Å². The molecule has 0 fully saturated rings. The number of benzene rings is 1. The lowest BCUT2D eigenvalue weighted by atomic mass is 10.1. The number of hydrogen-bond donors (Lipinski definition) is 2. The minimum absolute atomic E-state index is 0.167. The van der Waals surface area contributed by atoms with Gasteiger partial charge in [0.25, 0.3) is 0 Å². The van der Waals surface area contributed by atoms with E-state index in [-0.39, 0.29) is 18.4 Å². The summed E-state index contributed by atoms with van der Waals surface area (Å²) in [6.45, 7) is 3.90. The SMILES string of the molecule is COc1ccc(OC)c(CC(=O)NC(=S)NC(C)C)c1. The van der Waals surface area contributed by atoms with Gasteiger partial charge in [-0.2, -0.15) is 0 Å². The fraction of sp³-hybridized carbons (Fsp3) is 0.429. The molecule has 0 saturated carbocycles. The third-order valence-corrected chi connectivity index (χ3v) is 2.73. The zero-order chi connectivity index (χ0) is 15.1. The Balaban J connectivity index is 2.71. The van der Waals surface area contributed by atoms with Crippen LogP contribution in [0.4, 0.5) is 0 Å². The largest absolute Gasteiger partial charge is 0.497 e. The lowest BCUT2D eigenvalue weighted by molar-refractivity contribution is -0.119. The first-order valence-corrected chi connectivity index (χ1v) is 6.68. The van der Waals surface area contributed by atoms with Crippen molar-refractivity contribution in [2.75, 3.05) is 14.2 Å². The molecule has 20 heavy (non-hydrogen) atoms. The molecular formula is C14H20N2O3S. The Morgan fingerprint density at radius 3 is 2.55 bits per heavy atom. The average Bonchev–Trinajstić information content (AvgIpc) is 2.37. The molecule has 0 aliphatic carbocycles. The summed E-state index contributed by atoms with van der Waals surface area (Å²) in [7, 11) is 3.14. The minimum Gasteiger partial charge on any atom is -0.497 e. The fourth-order valence-corrected chi connectivity index (χ4v) is 2.01. The van der Waals surface area contributed by atoms with E-state index >= 15 is 0 Å². The molecule has 0 bridgehead atoms. The van der Waals surface area contributed by atoms with E-state index in [0.717, 1.165) is 5.56 Å². The van der Waals surface area contributed by atoms with Crippen LogP contribution in [0.25, 0.3) is 0 Å². The van der Waals surface area contributed by atoms with Crippen LogP contribution in [-0.4, -0.2) is 31.3 Å². The fourth-order valence-electron chi connectivity index (χ4n) is 1.66. The van der Waals surface area contributed by atoms with Crippen LogP contribution in [-0.2, 0) is 11.2 Å². The maximum absolute atomic E-state index is 11.9. The van der Waals surface area contributed by atoms with Gasteiger partial charge in [0.05, 0.1) is 20.6 Å². The van der Waals surface area contributed by atoms with Crippen LogP contribution in [0.1, 0.15) is 19.4 Å². The molecule has 2 N–H and O–H groups in total. The molecule has 1 aromatic rings. The van der Waals surface area contributed by atoms with Crippen LogP contribution in [0.15, 0.2) is 18.2 Å². The molecule has 0 unspecified atom stereocenters. The number of carbonyl (C=O) groups excluding carboxylic acids is 1. The first-order valence-electron chi connectivity index (χ1n) is 6.27. The standard InChI is InChI=1S/C14H20N2O3S/c1-9(2)15-14(20)16-13(17)8-10-7-11(18-3)5-6-12(10)19-4/h5-7,9H,8H2,1-4H3,(H2,15,16,17,20). The second-order valence-corrected chi connectivity index (χ2v) is 4.94. The monoisotopic (exact) mass is 296 g/mol. The number of methoxy groups -OCH3 is 2. The Labute approximate surface area is 124 Å². The van der Waals surface area contributed by atoms with Gasteiger partial charge in [-0.15, -0.1) is 0 Å². The van der Waals surface area contributed by atoms with Crippen molar-refractivity contribution in [3.63, 3.8) is 0 Å². The number of carbonyl (C=O) groups is 1. The third-order valence-electron chi connectivity index (χ3n) is 2.51. The maximum atomic E-state index is 11.9. The predicted octanol–water partition coefficient (Wildman–Crippen LogP) is 1.65. The summed E-state index contributed by atoms with van der Waals surface area (Å²) in [5.41, 5.74) is 0.747. The number of nitrogens with one attached hydrogen (secondary N) is 2. The molecule has 6 heteroatoms. The van der Waals surface area contributed by atoms with Crippen molar-refractivity contribution in [2.45, 2.75) is 26.3 Å². The van der Waals surface area contributed by atoms with Crippen LogP contribution >= 0.6 is 12.2 Å². The second kappa shape index (κ2) is 7.69. The zero-order valence-electron chi connectivity index (χ0n) is 12.1. The Kier molecular flexibility index (Phi) is 6.24. The van der Waals surface area contributed by atoms with Crippen LogP contribution in [0.5, 0.6) is 11.5 Å². The summed E-state index contributed by atoms with van der Waals surface area (Å²) in [6, 6.07) is 5.50. The Bertz CT molecular complexity index is 489.